The summed E-state index contributed by atoms with van der Waals surface area (Å²) in [7, 11) is 0. The number of ether oxygens (including phenoxy) is 1. The molecule has 5 nitrogen and oxygen atoms in total. The zero-order valence-corrected chi connectivity index (χ0v) is 15.5. The van der Waals surface area contributed by atoms with Gasteiger partial charge in [-0.25, -0.2) is 4.98 Å². The molecule has 0 amide bonds. The standard InChI is InChI=1S/C22H15F3N4O/c1-14(29-17-6-7-21(28-11-17)22(23,24)25)15-4-5-16-9-19(13-27-20(16)10-15)30-18-3-2-8-26-12-18/h2-13,29H,1H2. The van der Waals surface area contributed by atoms with Crippen LogP contribution in [0, 0.1) is 0 Å². The normalized spacial score (nSPS) is 11.3. The fourth-order valence-electron chi connectivity index (χ4n) is 2.77. The third-order valence-corrected chi connectivity index (χ3v) is 4.23. The molecule has 1 N–H and O–H groups in total. The number of pyridine rings is 3. The number of rotatable bonds is 5. The Hall–Kier alpha value is -3.94. The second-order valence-electron chi connectivity index (χ2n) is 6.40. The van der Waals surface area contributed by atoms with Gasteiger partial charge in [0, 0.05) is 17.3 Å². The van der Waals surface area contributed by atoms with Crippen molar-refractivity contribution in [3.8, 4) is 11.5 Å². The number of hydrogen-bond acceptors (Lipinski definition) is 5. The largest absolute Gasteiger partial charge is 0.454 e. The summed E-state index contributed by atoms with van der Waals surface area (Å²) < 4.78 is 43.6. The summed E-state index contributed by atoms with van der Waals surface area (Å²) in [6.07, 6.45) is 1.53. The van der Waals surface area contributed by atoms with E-state index >= 15 is 0 Å². The quantitative estimate of drug-likeness (QED) is 0.444. The Labute approximate surface area is 169 Å². The van der Waals surface area contributed by atoms with E-state index in [0.29, 0.717) is 22.9 Å². The molecule has 4 aromatic rings. The van der Waals surface area contributed by atoms with Crippen LogP contribution in [0.4, 0.5) is 18.9 Å². The number of benzene rings is 1. The molecule has 0 aliphatic carbocycles. The minimum Gasteiger partial charge on any atom is -0.454 e. The van der Waals surface area contributed by atoms with Gasteiger partial charge >= 0.3 is 6.18 Å². The van der Waals surface area contributed by atoms with Gasteiger partial charge in [0.1, 0.15) is 17.2 Å². The number of hydrogen-bond donors (Lipinski definition) is 1. The molecule has 0 saturated heterocycles. The van der Waals surface area contributed by atoms with Crippen LogP contribution in [-0.4, -0.2) is 15.0 Å². The molecule has 0 saturated carbocycles. The fourth-order valence-corrected chi connectivity index (χ4v) is 2.77. The topological polar surface area (TPSA) is 59.9 Å². The van der Waals surface area contributed by atoms with E-state index in [0.717, 1.165) is 28.7 Å². The van der Waals surface area contributed by atoms with Crippen LogP contribution in [0.5, 0.6) is 11.5 Å². The molecule has 3 heterocycles. The van der Waals surface area contributed by atoms with Crippen LogP contribution in [-0.2, 0) is 6.18 Å². The highest BCUT2D eigenvalue weighted by Crippen LogP contribution is 2.29. The van der Waals surface area contributed by atoms with Crippen molar-refractivity contribution in [3.63, 3.8) is 0 Å². The van der Waals surface area contributed by atoms with Gasteiger partial charge in [0.05, 0.1) is 29.8 Å². The van der Waals surface area contributed by atoms with E-state index in [1.165, 1.54) is 6.07 Å². The third-order valence-electron chi connectivity index (χ3n) is 4.23. The lowest BCUT2D eigenvalue weighted by Crippen LogP contribution is -2.08. The van der Waals surface area contributed by atoms with Crippen LogP contribution < -0.4 is 10.1 Å². The van der Waals surface area contributed by atoms with Crippen LogP contribution in [0.15, 0.2) is 79.9 Å². The van der Waals surface area contributed by atoms with Gasteiger partial charge in [-0.05, 0) is 42.0 Å². The molecule has 0 aliphatic rings. The monoisotopic (exact) mass is 408 g/mol. The maximum Gasteiger partial charge on any atom is 0.433 e. The van der Waals surface area contributed by atoms with Gasteiger partial charge in [-0.1, -0.05) is 18.7 Å². The summed E-state index contributed by atoms with van der Waals surface area (Å²) in [5.74, 6) is 1.19. The first-order valence-electron chi connectivity index (χ1n) is 8.86. The summed E-state index contributed by atoms with van der Waals surface area (Å²) in [6, 6.07) is 13.2. The van der Waals surface area contributed by atoms with Crippen molar-refractivity contribution in [2.24, 2.45) is 0 Å². The lowest BCUT2D eigenvalue weighted by molar-refractivity contribution is -0.141. The van der Waals surface area contributed by atoms with E-state index in [1.807, 2.05) is 24.3 Å². The van der Waals surface area contributed by atoms with Crippen LogP contribution in [0.25, 0.3) is 16.6 Å². The number of anilines is 1. The van der Waals surface area contributed by atoms with E-state index in [2.05, 4.69) is 26.8 Å². The van der Waals surface area contributed by atoms with Gasteiger partial charge in [-0.2, -0.15) is 13.2 Å². The lowest BCUT2D eigenvalue weighted by Gasteiger charge is -2.12. The van der Waals surface area contributed by atoms with E-state index in [9.17, 15) is 13.2 Å². The Morgan fingerprint density at radius 1 is 0.933 bits per heavy atom. The number of aromatic nitrogens is 3. The first-order valence-corrected chi connectivity index (χ1v) is 8.86. The number of fused-ring (bicyclic) bond motifs is 1. The maximum absolute atomic E-state index is 12.6. The van der Waals surface area contributed by atoms with Gasteiger partial charge in [0.2, 0.25) is 0 Å². The highest BCUT2D eigenvalue weighted by molar-refractivity contribution is 5.85. The Morgan fingerprint density at radius 2 is 1.80 bits per heavy atom. The molecule has 150 valence electrons. The van der Waals surface area contributed by atoms with Gasteiger partial charge < -0.3 is 10.1 Å². The average molecular weight is 408 g/mol. The predicted octanol–water partition coefficient (Wildman–Crippen LogP) is 5.92. The minimum absolute atomic E-state index is 0.404. The van der Waals surface area contributed by atoms with Crippen LogP contribution >= 0.6 is 0 Å². The van der Waals surface area contributed by atoms with Crippen molar-refractivity contribution >= 4 is 22.3 Å². The van der Waals surface area contributed by atoms with Crippen molar-refractivity contribution in [2.75, 3.05) is 5.32 Å². The smallest absolute Gasteiger partial charge is 0.433 e. The van der Waals surface area contributed by atoms with Crippen LogP contribution in [0.2, 0.25) is 0 Å². The zero-order chi connectivity index (χ0) is 21.1. The van der Waals surface area contributed by atoms with Crippen LogP contribution in [0.1, 0.15) is 11.3 Å². The first-order chi connectivity index (χ1) is 14.4. The molecule has 4 rings (SSSR count). The predicted molar refractivity (Wildman–Crippen MR) is 108 cm³/mol. The Kier molecular flexibility index (Phi) is 5.05. The van der Waals surface area contributed by atoms with Crippen LogP contribution in [0.3, 0.4) is 0 Å². The molecular formula is C22H15F3N4O. The zero-order valence-electron chi connectivity index (χ0n) is 15.5. The summed E-state index contributed by atoms with van der Waals surface area (Å²) >= 11 is 0. The van der Waals surface area contributed by atoms with E-state index in [1.54, 1.807) is 30.7 Å². The molecule has 0 unspecified atom stereocenters. The van der Waals surface area contributed by atoms with Crippen molar-refractivity contribution in [3.05, 3.63) is 91.2 Å². The molecule has 3 aromatic heterocycles. The fraction of sp³-hybridized carbons (Fsp3) is 0.0455. The molecule has 0 radical (unpaired) electrons. The Morgan fingerprint density at radius 3 is 2.50 bits per heavy atom. The summed E-state index contributed by atoms with van der Waals surface area (Å²) in [6.45, 7) is 3.95. The molecular weight excluding hydrogens is 393 g/mol. The number of nitrogens with one attached hydrogen (secondary N) is 1. The summed E-state index contributed by atoms with van der Waals surface area (Å²) in [4.78, 5) is 11.8. The molecule has 0 spiro atoms. The Balaban J connectivity index is 1.50. The maximum atomic E-state index is 12.6. The van der Waals surface area contributed by atoms with Crippen molar-refractivity contribution in [2.45, 2.75) is 6.18 Å². The Bertz CT molecular complexity index is 1190. The highest BCUT2D eigenvalue weighted by atomic mass is 19.4. The molecule has 1 aromatic carbocycles. The highest BCUT2D eigenvalue weighted by Gasteiger charge is 2.32. The SMILES string of the molecule is C=C(Nc1ccc(C(F)(F)F)nc1)c1ccc2cc(Oc3cccnc3)cnc2c1. The third kappa shape index (κ3) is 4.38. The average Bonchev–Trinajstić information content (AvgIpc) is 2.74. The van der Waals surface area contributed by atoms with E-state index in [-0.39, 0.29) is 0 Å². The van der Waals surface area contributed by atoms with Crippen molar-refractivity contribution < 1.29 is 17.9 Å². The van der Waals surface area contributed by atoms with E-state index < -0.39 is 11.9 Å². The number of halogens is 3. The van der Waals surface area contributed by atoms with Gasteiger partial charge in [0.25, 0.3) is 0 Å². The molecule has 0 aliphatic heterocycles. The summed E-state index contributed by atoms with van der Waals surface area (Å²) in [5, 5.41) is 3.83. The molecule has 8 heteroatoms. The first kappa shape index (κ1) is 19.4. The molecule has 0 fully saturated rings. The van der Waals surface area contributed by atoms with Gasteiger partial charge in [-0.3, -0.25) is 9.97 Å². The van der Waals surface area contributed by atoms with Gasteiger partial charge in [0.15, 0.2) is 0 Å². The van der Waals surface area contributed by atoms with Gasteiger partial charge in [-0.15, -0.1) is 0 Å². The van der Waals surface area contributed by atoms with Crippen molar-refractivity contribution in [1.82, 2.24) is 15.0 Å². The molecule has 0 atom stereocenters. The second-order valence-corrected chi connectivity index (χ2v) is 6.40. The molecule has 30 heavy (non-hydrogen) atoms. The molecule has 0 bridgehead atoms. The number of alkyl halides is 3. The second kappa shape index (κ2) is 7.82. The van der Waals surface area contributed by atoms with Crippen molar-refractivity contribution in [1.29, 1.82) is 0 Å². The number of nitrogens with zero attached hydrogens (tertiary/aromatic N) is 3. The minimum atomic E-state index is -4.47. The lowest BCUT2D eigenvalue weighted by atomic mass is 10.1. The summed E-state index contributed by atoms with van der Waals surface area (Å²) in [5.41, 5.74) is 1.44. The van der Waals surface area contributed by atoms with E-state index in [4.69, 9.17) is 4.74 Å².